The van der Waals surface area contributed by atoms with Crippen LogP contribution in [-0.2, 0) is 13.2 Å². The van der Waals surface area contributed by atoms with Gasteiger partial charge < -0.3 is 14.7 Å². The van der Waals surface area contributed by atoms with Crippen molar-refractivity contribution in [3.05, 3.63) is 75.9 Å². The lowest BCUT2D eigenvalue weighted by atomic mass is 9.77. The molecule has 184 valence electrons. The number of nitrogens with zero attached hydrogens (tertiary/aromatic N) is 2. The van der Waals surface area contributed by atoms with Gasteiger partial charge in [0.05, 0.1) is 28.0 Å². The average Bonchev–Trinajstić information content (AvgIpc) is 3.34. The number of rotatable bonds is 7. The van der Waals surface area contributed by atoms with E-state index in [1.807, 2.05) is 42.5 Å². The number of halogens is 2. The van der Waals surface area contributed by atoms with Crippen molar-refractivity contribution in [3.63, 3.8) is 0 Å². The van der Waals surface area contributed by atoms with Crippen molar-refractivity contribution in [2.24, 2.45) is 5.41 Å². The highest BCUT2D eigenvalue weighted by atomic mass is 35.5. The van der Waals surface area contributed by atoms with Crippen LogP contribution < -0.4 is 9.64 Å². The third kappa shape index (κ3) is 5.59. The molecule has 0 radical (unpaired) electrons. The van der Waals surface area contributed by atoms with E-state index in [9.17, 15) is 5.11 Å². The smallest absolute Gasteiger partial charge is 0.154 e. The molecule has 2 heterocycles. The van der Waals surface area contributed by atoms with Crippen LogP contribution in [0.5, 0.6) is 5.75 Å². The fourth-order valence-corrected chi connectivity index (χ4v) is 6.72. The molecule has 1 saturated heterocycles. The summed E-state index contributed by atoms with van der Waals surface area (Å²) in [6.45, 7) is 2.27. The van der Waals surface area contributed by atoms with Crippen molar-refractivity contribution >= 4 is 40.7 Å². The number of ether oxygens (including phenoxy) is 1. The van der Waals surface area contributed by atoms with Crippen molar-refractivity contribution in [2.45, 2.75) is 61.7 Å². The molecule has 5 rings (SSSR count). The quantitative estimate of drug-likeness (QED) is 0.339. The van der Waals surface area contributed by atoms with Crippen molar-refractivity contribution in [1.29, 1.82) is 0 Å². The number of hydrogen-bond acceptors (Lipinski definition) is 5. The second-order valence-electron chi connectivity index (χ2n) is 9.54. The maximum Gasteiger partial charge on any atom is 0.154 e. The largest absolute Gasteiger partial charge is 0.486 e. The highest BCUT2D eigenvalue weighted by molar-refractivity contribution is 7.99. The number of aromatic nitrogens is 1. The monoisotopic (exact) mass is 528 g/mol. The molecule has 0 bridgehead atoms. The highest BCUT2D eigenvalue weighted by Crippen LogP contribution is 2.48. The summed E-state index contributed by atoms with van der Waals surface area (Å²) in [5.41, 5.74) is 3.23. The molecule has 2 aliphatic rings. The molecule has 1 saturated carbocycles. The number of aliphatic hydroxyl groups is 1. The predicted octanol–water partition coefficient (Wildman–Crippen LogP) is 7.77. The van der Waals surface area contributed by atoms with Gasteiger partial charge in [0, 0.05) is 24.1 Å². The number of benzene rings is 2. The lowest BCUT2D eigenvalue weighted by molar-refractivity contribution is 0.225. The SMILES string of the molecule is OCc1nc(Sc2cccc(Cl)c2Cl)c(OCc2ccccc2)cc1N1CCC2(CCCC2)CC1. The third-order valence-electron chi connectivity index (χ3n) is 7.35. The molecule has 1 aliphatic carbocycles. The van der Waals surface area contributed by atoms with Gasteiger partial charge in [-0.1, -0.05) is 84.2 Å². The predicted molar refractivity (Wildman–Crippen MR) is 144 cm³/mol. The van der Waals surface area contributed by atoms with Crippen molar-refractivity contribution < 1.29 is 9.84 Å². The summed E-state index contributed by atoms with van der Waals surface area (Å²) in [5.74, 6) is 0.684. The zero-order valence-corrected chi connectivity index (χ0v) is 22.0. The Bertz CT molecular complexity index is 1160. The second kappa shape index (κ2) is 11.0. The van der Waals surface area contributed by atoms with Crippen LogP contribution in [-0.4, -0.2) is 23.2 Å². The molecule has 0 atom stereocenters. The number of piperidine rings is 1. The Morgan fingerprint density at radius 3 is 2.43 bits per heavy atom. The molecule has 2 aromatic carbocycles. The van der Waals surface area contributed by atoms with Crippen LogP contribution in [0.1, 0.15) is 49.8 Å². The van der Waals surface area contributed by atoms with Crippen LogP contribution in [0.4, 0.5) is 5.69 Å². The lowest BCUT2D eigenvalue weighted by Crippen LogP contribution is -2.39. The zero-order chi connectivity index (χ0) is 24.3. The summed E-state index contributed by atoms with van der Waals surface area (Å²) >= 11 is 14.1. The maximum atomic E-state index is 10.3. The first kappa shape index (κ1) is 24.8. The molecule has 1 aromatic heterocycles. The zero-order valence-electron chi connectivity index (χ0n) is 19.7. The normalized spacial score (nSPS) is 17.2. The molecular weight excluding hydrogens is 499 g/mol. The molecule has 1 N–H and O–H groups in total. The highest BCUT2D eigenvalue weighted by Gasteiger charge is 2.37. The molecule has 35 heavy (non-hydrogen) atoms. The number of hydrogen-bond donors (Lipinski definition) is 1. The van der Waals surface area contributed by atoms with Crippen LogP contribution in [0.15, 0.2) is 64.5 Å². The summed E-state index contributed by atoms with van der Waals surface area (Å²) in [7, 11) is 0. The molecule has 7 heteroatoms. The lowest BCUT2D eigenvalue weighted by Gasteiger charge is -2.41. The van der Waals surface area contributed by atoms with Crippen LogP contribution in [0.25, 0.3) is 0 Å². The topological polar surface area (TPSA) is 45.6 Å². The Hall–Kier alpha value is -1.92. The van der Waals surface area contributed by atoms with Gasteiger partial charge in [-0.2, -0.15) is 0 Å². The minimum atomic E-state index is -0.132. The number of anilines is 1. The van der Waals surface area contributed by atoms with Crippen LogP contribution in [0.3, 0.4) is 0 Å². The maximum absolute atomic E-state index is 10.3. The standard InChI is InChI=1S/C28H30Cl2N2O2S/c29-21-9-6-10-25(26(21)30)35-27-24(34-19-20-7-2-1-3-8-20)17-23(22(18-33)31-27)32-15-13-28(14-16-32)11-4-5-12-28/h1-3,6-10,17,33H,4-5,11-16,18-19H2. The molecule has 1 spiro atoms. The number of pyridine rings is 1. The van der Waals surface area contributed by atoms with E-state index in [-0.39, 0.29) is 6.61 Å². The Labute approximate surface area is 221 Å². The minimum absolute atomic E-state index is 0.132. The average molecular weight is 530 g/mol. The molecule has 0 amide bonds. The van der Waals surface area contributed by atoms with Crippen LogP contribution in [0, 0.1) is 5.41 Å². The minimum Gasteiger partial charge on any atom is -0.486 e. The molecule has 2 fully saturated rings. The third-order valence-corrected chi connectivity index (χ3v) is 9.33. The van der Waals surface area contributed by atoms with Gasteiger partial charge in [0.15, 0.2) is 5.75 Å². The van der Waals surface area contributed by atoms with Gasteiger partial charge in [-0.05, 0) is 48.8 Å². The summed E-state index contributed by atoms with van der Waals surface area (Å²) < 4.78 is 6.32. The molecule has 0 unspecified atom stereocenters. The van der Waals surface area contributed by atoms with Gasteiger partial charge in [-0.15, -0.1) is 0 Å². The first-order chi connectivity index (χ1) is 17.1. The van der Waals surface area contributed by atoms with Gasteiger partial charge in [0.25, 0.3) is 0 Å². The van der Waals surface area contributed by atoms with E-state index < -0.39 is 0 Å². The Balaban J connectivity index is 1.46. The molecule has 4 nitrogen and oxygen atoms in total. The summed E-state index contributed by atoms with van der Waals surface area (Å²) in [6, 6.07) is 17.7. The Morgan fingerprint density at radius 1 is 0.971 bits per heavy atom. The van der Waals surface area contributed by atoms with Crippen molar-refractivity contribution in [1.82, 2.24) is 4.98 Å². The molecule has 3 aromatic rings. The van der Waals surface area contributed by atoms with Crippen molar-refractivity contribution in [3.8, 4) is 5.75 Å². The van der Waals surface area contributed by atoms with Crippen LogP contribution >= 0.6 is 35.0 Å². The first-order valence-corrected chi connectivity index (χ1v) is 13.8. The molecule has 1 aliphatic heterocycles. The fraction of sp³-hybridized carbons (Fsp3) is 0.393. The van der Waals surface area contributed by atoms with E-state index in [0.29, 0.717) is 38.5 Å². The van der Waals surface area contributed by atoms with E-state index in [1.54, 1.807) is 6.07 Å². The fourth-order valence-electron chi connectivity index (χ4n) is 5.32. The van der Waals surface area contributed by atoms with Gasteiger partial charge in [-0.25, -0.2) is 4.98 Å². The van der Waals surface area contributed by atoms with Gasteiger partial charge in [0.2, 0.25) is 0 Å². The summed E-state index contributed by atoms with van der Waals surface area (Å²) in [4.78, 5) is 8.05. The van der Waals surface area contributed by atoms with Gasteiger partial charge >= 0.3 is 0 Å². The van der Waals surface area contributed by atoms with E-state index in [1.165, 1.54) is 50.3 Å². The van der Waals surface area contributed by atoms with E-state index in [4.69, 9.17) is 32.9 Å². The van der Waals surface area contributed by atoms with E-state index in [2.05, 4.69) is 11.0 Å². The van der Waals surface area contributed by atoms with E-state index in [0.717, 1.165) is 29.2 Å². The summed E-state index contributed by atoms with van der Waals surface area (Å²) in [5, 5.41) is 11.9. The number of aliphatic hydroxyl groups excluding tert-OH is 1. The Morgan fingerprint density at radius 2 is 1.71 bits per heavy atom. The Kier molecular flexibility index (Phi) is 7.78. The van der Waals surface area contributed by atoms with Crippen LogP contribution in [0.2, 0.25) is 10.0 Å². The van der Waals surface area contributed by atoms with Crippen molar-refractivity contribution in [2.75, 3.05) is 18.0 Å². The van der Waals surface area contributed by atoms with Gasteiger partial charge in [-0.3, -0.25) is 0 Å². The second-order valence-corrected chi connectivity index (χ2v) is 11.4. The first-order valence-electron chi connectivity index (χ1n) is 12.3. The van der Waals surface area contributed by atoms with Gasteiger partial charge in [0.1, 0.15) is 11.6 Å². The van der Waals surface area contributed by atoms with E-state index >= 15 is 0 Å². The summed E-state index contributed by atoms with van der Waals surface area (Å²) in [6.07, 6.45) is 7.83. The molecular formula is C28H30Cl2N2O2S.